The van der Waals surface area contributed by atoms with Gasteiger partial charge in [0.15, 0.2) is 0 Å². The van der Waals surface area contributed by atoms with Gasteiger partial charge in [-0.05, 0) is 31.6 Å². The minimum absolute atomic E-state index is 0.541. The first-order valence-electron chi connectivity index (χ1n) is 6.03. The van der Waals surface area contributed by atoms with E-state index in [2.05, 4.69) is 11.9 Å². The topological polar surface area (TPSA) is 31.4 Å². The minimum Gasteiger partial charge on any atom is -0.496 e. The zero-order valence-corrected chi connectivity index (χ0v) is 9.88. The van der Waals surface area contributed by atoms with Crippen LogP contribution in [0.2, 0.25) is 0 Å². The number of fused-ring (bicyclic) bond motifs is 2. The fraction of sp³-hybridized carbons (Fsp3) is 0.615. The molecule has 0 aromatic carbocycles. The van der Waals surface area contributed by atoms with Gasteiger partial charge >= 0.3 is 0 Å². The smallest absolute Gasteiger partial charge is 0.220 e. The second kappa shape index (κ2) is 3.65. The van der Waals surface area contributed by atoms with Crippen molar-refractivity contribution in [2.75, 3.05) is 13.7 Å². The van der Waals surface area contributed by atoms with Gasteiger partial charge in [-0.15, -0.1) is 0 Å². The molecule has 0 N–H and O–H groups in total. The van der Waals surface area contributed by atoms with Gasteiger partial charge in [-0.1, -0.05) is 6.92 Å². The van der Waals surface area contributed by atoms with E-state index in [1.165, 1.54) is 23.2 Å². The molecule has 0 radical (unpaired) electrons. The van der Waals surface area contributed by atoms with E-state index in [1.54, 1.807) is 7.11 Å². The van der Waals surface area contributed by atoms with Gasteiger partial charge < -0.3 is 9.47 Å². The fourth-order valence-electron chi connectivity index (χ4n) is 2.79. The van der Waals surface area contributed by atoms with Gasteiger partial charge in [0.2, 0.25) is 5.88 Å². The van der Waals surface area contributed by atoms with Crippen molar-refractivity contribution in [3.05, 3.63) is 16.8 Å². The summed E-state index contributed by atoms with van der Waals surface area (Å²) in [5.74, 6) is 2.40. The van der Waals surface area contributed by atoms with E-state index in [9.17, 15) is 0 Å². The highest BCUT2D eigenvalue weighted by molar-refractivity contribution is 5.52. The zero-order valence-electron chi connectivity index (χ0n) is 9.88. The summed E-state index contributed by atoms with van der Waals surface area (Å²) in [5, 5.41) is 0. The molecule has 3 heteroatoms. The Bertz CT molecular complexity index is 425. The lowest BCUT2D eigenvalue weighted by molar-refractivity contribution is 0.269. The van der Waals surface area contributed by atoms with Gasteiger partial charge in [0.1, 0.15) is 5.75 Å². The molecule has 0 bridgehead atoms. The number of hydrogen-bond acceptors (Lipinski definition) is 3. The van der Waals surface area contributed by atoms with Gasteiger partial charge in [-0.25, -0.2) is 4.98 Å². The van der Waals surface area contributed by atoms with Crippen molar-refractivity contribution < 1.29 is 9.47 Å². The van der Waals surface area contributed by atoms with Gasteiger partial charge in [0.25, 0.3) is 0 Å². The van der Waals surface area contributed by atoms with Crippen molar-refractivity contribution in [3.8, 4) is 11.6 Å². The van der Waals surface area contributed by atoms with E-state index in [0.29, 0.717) is 5.92 Å². The van der Waals surface area contributed by atoms with Crippen LogP contribution < -0.4 is 9.47 Å². The Hall–Kier alpha value is -1.25. The second-order valence-electron chi connectivity index (χ2n) is 4.68. The molecule has 2 heterocycles. The molecule has 16 heavy (non-hydrogen) atoms. The molecule has 3 nitrogen and oxygen atoms in total. The first-order valence-corrected chi connectivity index (χ1v) is 6.03. The Kier molecular flexibility index (Phi) is 2.27. The average molecular weight is 219 g/mol. The molecule has 1 aromatic heterocycles. The molecular formula is C13H17NO2. The third kappa shape index (κ3) is 1.30. The van der Waals surface area contributed by atoms with Crippen molar-refractivity contribution in [2.45, 2.75) is 38.5 Å². The maximum Gasteiger partial charge on any atom is 0.220 e. The molecule has 1 aliphatic carbocycles. The quantitative estimate of drug-likeness (QED) is 0.727. The Morgan fingerprint density at radius 1 is 1.31 bits per heavy atom. The van der Waals surface area contributed by atoms with Crippen LogP contribution in [0.15, 0.2) is 0 Å². The van der Waals surface area contributed by atoms with Crippen LogP contribution in [-0.4, -0.2) is 18.7 Å². The number of rotatable bonds is 1. The first-order chi connectivity index (χ1) is 7.81. The van der Waals surface area contributed by atoms with Crippen molar-refractivity contribution in [1.29, 1.82) is 0 Å². The van der Waals surface area contributed by atoms with E-state index in [0.717, 1.165) is 37.5 Å². The van der Waals surface area contributed by atoms with Crippen LogP contribution >= 0.6 is 0 Å². The monoisotopic (exact) mass is 219 g/mol. The van der Waals surface area contributed by atoms with Gasteiger partial charge in [-0.2, -0.15) is 0 Å². The minimum atomic E-state index is 0.541. The number of ether oxygens (including phenoxy) is 2. The molecule has 0 saturated heterocycles. The summed E-state index contributed by atoms with van der Waals surface area (Å²) in [5.41, 5.74) is 3.69. The summed E-state index contributed by atoms with van der Waals surface area (Å²) >= 11 is 0. The molecule has 0 spiro atoms. The summed E-state index contributed by atoms with van der Waals surface area (Å²) in [6.07, 6.45) is 4.38. The highest BCUT2D eigenvalue weighted by Crippen LogP contribution is 2.43. The third-order valence-electron chi connectivity index (χ3n) is 3.65. The number of hydrogen-bond donors (Lipinski definition) is 0. The Morgan fingerprint density at radius 3 is 3.00 bits per heavy atom. The maximum absolute atomic E-state index is 5.65. The Labute approximate surface area is 95.8 Å². The zero-order chi connectivity index (χ0) is 11.1. The van der Waals surface area contributed by atoms with Crippen LogP contribution in [0, 0.1) is 0 Å². The average Bonchev–Trinajstić information content (AvgIpc) is 2.68. The molecule has 1 unspecified atom stereocenters. The SMILES string of the molecule is COc1c2c(nc3c1CCC3C)OCCC2. The van der Waals surface area contributed by atoms with Crippen molar-refractivity contribution >= 4 is 0 Å². The van der Waals surface area contributed by atoms with E-state index in [-0.39, 0.29) is 0 Å². The predicted molar refractivity (Wildman–Crippen MR) is 61.3 cm³/mol. The van der Waals surface area contributed by atoms with E-state index >= 15 is 0 Å². The summed E-state index contributed by atoms with van der Waals surface area (Å²) in [6, 6.07) is 0. The third-order valence-corrected chi connectivity index (χ3v) is 3.65. The van der Waals surface area contributed by atoms with Crippen LogP contribution in [0.1, 0.15) is 42.5 Å². The molecule has 1 aliphatic heterocycles. The number of aromatic nitrogens is 1. The van der Waals surface area contributed by atoms with Crippen LogP contribution in [0.5, 0.6) is 11.6 Å². The molecule has 1 aromatic rings. The molecule has 0 fully saturated rings. The van der Waals surface area contributed by atoms with Crippen LogP contribution in [0.4, 0.5) is 0 Å². The lowest BCUT2D eigenvalue weighted by Crippen LogP contribution is -2.13. The number of methoxy groups -OCH3 is 1. The molecule has 2 aliphatic rings. The Balaban J connectivity index is 2.20. The van der Waals surface area contributed by atoms with Crippen LogP contribution in [0.25, 0.3) is 0 Å². The largest absolute Gasteiger partial charge is 0.496 e. The Morgan fingerprint density at radius 2 is 2.19 bits per heavy atom. The highest BCUT2D eigenvalue weighted by atomic mass is 16.5. The lowest BCUT2D eigenvalue weighted by atomic mass is 10.0. The molecule has 0 saturated carbocycles. The standard InChI is InChI=1S/C13H17NO2/c1-8-5-6-9-11(8)14-13-10(12(9)15-2)4-3-7-16-13/h8H,3-7H2,1-2H3. The van der Waals surface area contributed by atoms with Crippen LogP contribution in [0.3, 0.4) is 0 Å². The van der Waals surface area contributed by atoms with Gasteiger partial charge in [0.05, 0.1) is 25.0 Å². The lowest BCUT2D eigenvalue weighted by Gasteiger charge is -2.21. The van der Waals surface area contributed by atoms with E-state index in [1.807, 2.05) is 0 Å². The normalized spacial score (nSPS) is 22.2. The molecule has 0 amide bonds. The molecule has 86 valence electrons. The van der Waals surface area contributed by atoms with Gasteiger partial charge in [-0.3, -0.25) is 0 Å². The number of nitrogens with zero attached hydrogens (tertiary/aromatic N) is 1. The molecule has 3 rings (SSSR count). The second-order valence-corrected chi connectivity index (χ2v) is 4.68. The van der Waals surface area contributed by atoms with Crippen molar-refractivity contribution in [2.24, 2.45) is 0 Å². The molecule has 1 atom stereocenters. The fourth-order valence-corrected chi connectivity index (χ4v) is 2.79. The maximum atomic E-state index is 5.65. The summed E-state index contributed by atoms with van der Waals surface area (Å²) in [4.78, 5) is 4.68. The summed E-state index contributed by atoms with van der Waals surface area (Å²) in [7, 11) is 1.76. The van der Waals surface area contributed by atoms with E-state index in [4.69, 9.17) is 9.47 Å². The van der Waals surface area contributed by atoms with Gasteiger partial charge in [0, 0.05) is 5.56 Å². The van der Waals surface area contributed by atoms with Crippen molar-refractivity contribution in [3.63, 3.8) is 0 Å². The number of pyridine rings is 1. The summed E-state index contributed by atoms with van der Waals surface area (Å²) in [6.45, 7) is 3.02. The first kappa shape index (κ1) is 9.94. The molecular weight excluding hydrogens is 202 g/mol. The van der Waals surface area contributed by atoms with Crippen molar-refractivity contribution in [1.82, 2.24) is 4.98 Å². The van der Waals surface area contributed by atoms with E-state index < -0.39 is 0 Å². The predicted octanol–water partition coefficient (Wildman–Crippen LogP) is 2.46. The van der Waals surface area contributed by atoms with Crippen LogP contribution in [-0.2, 0) is 12.8 Å². The highest BCUT2D eigenvalue weighted by Gasteiger charge is 2.29. The summed E-state index contributed by atoms with van der Waals surface area (Å²) < 4.78 is 11.2.